The molecular weight excluding hydrogens is 445 g/mol. The number of hydrogen-bond acceptors (Lipinski definition) is 9. The lowest BCUT2D eigenvalue weighted by Gasteiger charge is -2.34. The van der Waals surface area contributed by atoms with Crippen LogP contribution in [-0.4, -0.2) is 71.7 Å². The average Bonchev–Trinajstić information content (AvgIpc) is 3.41. The molecule has 2 aliphatic heterocycles. The summed E-state index contributed by atoms with van der Waals surface area (Å²) in [5.74, 6) is 1.91. The first-order valence-corrected chi connectivity index (χ1v) is 11.3. The van der Waals surface area contributed by atoms with Crippen LogP contribution in [0.2, 0.25) is 0 Å². The van der Waals surface area contributed by atoms with Crippen LogP contribution in [-0.2, 0) is 6.18 Å². The van der Waals surface area contributed by atoms with Crippen LogP contribution < -0.4 is 19.9 Å². The van der Waals surface area contributed by atoms with E-state index in [0.29, 0.717) is 36.3 Å². The Kier molecular flexibility index (Phi) is 5.32. The van der Waals surface area contributed by atoms with Gasteiger partial charge in [0.15, 0.2) is 22.3 Å². The van der Waals surface area contributed by atoms with Crippen molar-refractivity contribution in [2.75, 3.05) is 56.7 Å². The Labute approximate surface area is 186 Å². The molecule has 0 unspecified atom stereocenters. The second-order valence-corrected chi connectivity index (χ2v) is 9.00. The molecule has 0 bridgehead atoms. The Balaban J connectivity index is 1.60. The Morgan fingerprint density at radius 1 is 1.28 bits per heavy atom. The number of hydrogen-bond donors (Lipinski definition) is 1. The normalized spacial score (nSPS) is 17.5. The van der Waals surface area contributed by atoms with Crippen molar-refractivity contribution in [2.45, 2.75) is 19.0 Å². The smallest absolute Gasteiger partial charge is 0.434 e. The number of aromatic nitrogens is 5. The third-order valence-electron chi connectivity index (χ3n) is 5.86. The molecule has 0 atom stereocenters. The number of thiazole rings is 1. The summed E-state index contributed by atoms with van der Waals surface area (Å²) < 4.78 is 46.6. The average molecular weight is 469 g/mol. The molecule has 3 aromatic rings. The van der Waals surface area contributed by atoms with E-state index in [-0.39, 0.29) is 10.8 Å². The number of piperidine rings is 1. The number of nitrogens with one attached hydrogen (secondary N) is 1. The monoisotopic (exact) mass is 468 g/mol. The maximum absolute atomic E-state index is 13.1. The Morgan fingerprint density at radius 3 is 2.78 bits per heavy atom. The van der Waals surface area contributed by atoms with Gasteiger partial charge in [-0.05, 0) is 31.8 Å². The van der Waals surface area contributed by atoms with Crippen molar-refractivity contribution in [3.63, 3.8) is 0 Å². The van der Waals surface area contributed by atoms with Crippen LogP contribution in [0.3, 0.4) is 0 Å². The van der Waals surface area contributed by atoms with Gasteiger partial charge >= 0.3 is 6.18 Å². The molecule has 2 aliphatic rings. The van der Waals surface area contributed by atoms with Gasteiger partial charge in [0.2, 0.25) is 11.5 Å². The molecule has 0 aliphatic carbocycles. The lowest BCUT2D eigenvalue weighted by Crippen LogP contribution is -2.37. The molecule has 1 N–H and O–H groups in total. The summed E-state index contributed by atoms with van der Waals surface area (Å²) in [5, 5.41) is 17.5. The van der Waals surface area contributed by atoms with E-state index in [1.54, 1.807) is 0 Å². The Hall–Kier alpha value is -2.67. The zero-order valence-electron chi connectivity index (χ0n) is 17.7. The summed E-state index contributed by atoms with van der Waals surface area (Å²) in [6.07, 6.45) is -2.36. The third-order valence-corrected chi connectivity index (χ3v) is 6.70. The Morgan fingerprint density at radius 2 is 2.06 bits per heavy atom. The number of halogens is 3. The van der Waals surface area contributed by atoms with Gasteiger partial charge in [-0.1, -0.05) is 0 Å². The standard InChI is InChI=1S/C19H23F3N8OS/c1-28-7-8-31-14-13(28)15(29(2)9-11-3-5-23-6-4-11)27-30-16(14)25-26-17(30)18-24-12(10-32-18)19(20,21)22/h10-11,23H,3-9H2,1-2H3. The topological polar surface area (TPSA) is 83.7 Å². The molecule has 5 heterocycles. The predicted octanol–water partition coefficient (Wildman–Crippen LogP) is 2.53. The van der Waals surface area contributed by atoms with E-state index < -0.39 is 11.9 Å². The van der Waals surface area contributed by atoms with Crippen molar-refractivity contribution in [1.29, 1.82) is 0 Å². The van der Waals surface area contributed by atoms with Gasteiger partial charge in [-0.3, -0.25) is 0 Å². The van der Waals surface area contributed by atoms with Crippen LogP contribution in [0.1, 0.15) is 18.5 Å². The zero-order valence-corrected chi connectivity index (χ0v) is 18.5. The highest BCUT2D eigenvalue weighted by Crippen LogP contribution is 2.42. The van der Waals surface area contributed by atoms with E-state index in [9.17, 15) is 13.2 Å². The number of rotatable bonds is 4. The summed E-state index contributed by atoms with van der Waals surface area (Å²) in [6.45, 7) is 3.97. The molecule has 1 fully saturated rings. The highest BCUT2D eigenvalue weighted by atomic mass is 32.1. The molecule has 0 saturated carbocycles. The molecule has 0 radical (unpaired) electrons. The van der Waals surface area contributed by atoms with Gasteiger partial charge in [-0.15, -0.1) is 26.6 Å². The lowest BCUT2D eigenvalue weighted by molar-refractivity contribution is -0.140. The van der Waals surface area contributed by atoms with Crippen LogP contribution in [0, 0.1) is 5.92 Å². The molecule has 0 aromatic carbocycles. The molecule has 0 amide bonds. The summed E-state index contributed by atoms with van der Waals surface area (Å²) in [5.41, 5.74) is 0.227. The van der Waals surface area contributed by atoms with E-state index in [1.165, 1.54) is 4.52 Å². The van der Waals surface area contributed by atoms with E-state index in [2.05, 4.69) is 30.3 Å². The number of ether oxygens (including phenoxy) is 1. The summed E-state index contributed by atoms with van der Waals surface area (Å²) in [6, 6.07) is 0. The van der Waals surface area contributed by atoms with Crippen molar-refractivity contribution in [3.8, 4) is 16.6 Å². The van der Waals surface area contributed by atoms with Gasteiger partial charge in [0.05, 0.1) is 6.54 Å². The van der Waals surface area contributed by atoms with Crippen molar-refractivity contribution in [2.24, 2.45) is 5.92 Å². The van der Waals surface area contributed by atoms with Crippen LogP contribution in [0.5, 0.6) is 5.75 Å². The Bertz CT molecular complexity index is 1120. The van der Waals surface area contributed by atoms with Crippen molar-refractivity contribution < 1.29 is 17.9 Å². The minimum Gasteiger partial charge on any atom is -0.486 e. The first-order valence-electron chi connectivity index (χ1n) is 10.4. The predicted molar refractivity (Wildman–Crippen MR) is 115 cm³/mol. The second-order valence-electron chi connectivity index (χ2n) is 8.14. The summed E-state index contributed by atoms with van der Waals surface area (Å²) >= 11 is 0.863. The van der Waals surface area contributed by atoms with E-state index in [1.807, 2.05) is 14.1 Å². The molecule has 0 spiro atoms. The van der Waals surface area contributed by atoms with Gasteiger partial charge in [-0.2, -0.15) is 17.7 Å². The maximum Gasteiger partial charge on any atom is 0.434 e. The minimum absolute atomic E-state index is 0.105. The van der Waals surface area contributed by atoms with Gasteiger partial charge in [-0.25, -0.2) is 4.98 Å². The quantitative estimate of drug-likeness (QED) is 0.626. The molecule has 1 saturated heterocycles. The van der Waals surface area contributed by atoms with Crippen LogP contribution >= 0.6 is 11.3 Å². The zero-order chi connectivity index (χ0) is 22.5. The second kappa shape index (κ2) is 8.03. The lowest BCUT2D eigenvalue weighted by atomic mass is 9.97. The largest absolute Gasteiger partial charge is 0.486 e. The molecule has 9 nitrogen and oxygen atoms in total. The molecule has 5 rings (SSSR count). The maximum atomic E-state index is 13.1. The van der Waals surface area contributed by atoms with Crippen LogP contribution in [0.4, 0.5) is 24.7 Å². The molecule has 172 valence electrons. The fourth-order valence-electron chi connectivity index (χ4n) is 4.17. The first kappa shape index (κ1) is 21.2. The van der Waals surface area contributed by atoms with Crippen LogP contribution in [0.15, 0.2) is 5.38 Å². The summed E-state index contributed by atoms with van der Waals surface area (Å²) in [4.78, 5) is 7.89. The molecule has 13 heteroatoms. The first-order chi connectivity index (χ1) is 15.3. The molecule has 32 heavy (non-hydrogen) atoms. The van der Waals surface area contributed by atoms with Crippen molar-refractivity contribution >= 4 is 28.5 Å². The number of nitrogens with zero attached hydrogens (tertiary/aromatic N) is 7. The number of likely N-dealkylation sites (N-methyl/N-ethyl adjacent to an activating group) is 1. The van der Waals surface area contributed by atoms with Gasteiger partial charge in [0.25, 0.3) is 0 Å². The minimum atomic E-state index is -4.52. The third kappa shape index (κ3) is 3.72. The molecule has 3 aromatic heterocycles. The highest BCUT2D eigenvalue weighted by Gasteiger charge is 2.35. The van der Waals surface area contributed by atoms with E-state index in [4.69, 9.17) is 9.84 Å². The van der Waals surface area contributed by atoms with E-state index in [0.717, 1.165) is 54.9 Å². The van der Waals surface area contributed by atoms with Crippen molar-refractivity contribution in [1.82, 2.24) is 30.1 Å². The fourth-order valence-corrected chi connectivity index (χ4v) is 4.97. The SMILES string of the molecule is CN(CC1CCNCC1)c1nn2c(-c3nc(C(F)(F)F)cs3)nnc2c2c1N(C)CCO2. The fraction of sp³-hybridized carbons (Fsp3) is 0.579. The van der Waals surface area contributed by atoms with Gasteiger partial charge in [0.1, 0.15) is 12.3 Å². The van der Waals surface area contributed by atoms with E-state index >= 15 is 0 Å². The van der Waals surface area contributed by atoms with Gasteiger partial charge < -0.3 is 19.9 Å². The van der Waals surface area contributed by atoms with Crippen molar-refractivity contribution in [3.05, 3.63) is 11.1 Å². The summed E-state index contributed by atoms with van der Waals surface area (Å²) in [7, 11) is 3.95. The number of fused-ring (bicyclic) bond motifs is 3. The number of anilines is 2. The molecular formula is C19H23F3N8OS. The van der Waals surface area contributed by atoms with Crippen LogP contribution in [0.25, 0.3) is 16.5 Å². The number of alkyl halides is 3. The highest BCUT2D eigenvalue weighted by molar-refractivity contribution is 7.13. The van der Waals surface area contributed by atoms with Gasteiger partial charge in [0, 0.05) is 26.0 Å².